The fourth-order valence-corrected chi connectivity index (χ4v) is 2.16. The van der Waals surface area contributed by atoms with Gasteiger partial charge in [0.05, 0.1) is 5.69 Å². The van der Waals surface area contributed by atoms with E-state index in [2.05, 4.69) is 9.73 Å². The summed E-state index contributed by atoms with van der Waals surface area (Å²) in [7, 11) is 0. The Balaban J connectivity index is 1.63. The molecule has 0 saturated carbocycles. The number of aliphatic imine (C=N–C) groups is 1. The highest BCUT2D eigenvalue weighted by Gasteiger charge is 2.16. The van der Waals surface area contributed by atoms with Crippen LogP contribution in [0.15, 0.2) is 53.5 Å². The summed E-state index contributed by atoms with van der Waals surface area (Å²) in [5.74, 6) is -0.144. The second kappa shape index (κ2) is 12.3. The summed E-state index contributed by atoms with van der Waals surface area (Å²) in [4.78, 5) is 37.2. The van der Waals surface area contributed by atoms with E-state index in [0.717, 1.165) is 0 Å². The molecule has 10 nitrogen and oxygen atoms in total. The van der Waals surface area contributed by atoms with Gasteiger partial charge in [0.25, 0.3) is 6.26 Å². The fraction of sp³-hybridized carbons (Fsp3) is 0.238. The van der Waals surface area contributed by atoms with Crippen molar-refractivity contribution in [2.75, 3.05) is 19.8 Å². The van der Waals surface area contributed by atoms with Gasteiger partial charge in [-0.2, -0.15) is 4.99 Å². The molecule has 2 aromatic rings. The first-order valence-corrected chi connectivity index (χ1v) is 8.97. The molecule has 0 radical (unpaired) electrons. The standard InChI is InChI=1S/C21H18N2O8/c1-15(31-19-4-2-16(3-5-19)23-14-24)21(26)28-11-10-27-20(25)12-29-17-6-8-18(9-7-17)30-13-22/h2-9,15H,10-12H2,1H3. The number of hydrogen-bond donors (Lipinski definition) is 0. The van der Waals surface area contributed by atoms with Crippen LogP contribution in [0.3, 0.4) is 0 Å². The molecule has 0 saturated heterocycles. The number of carbonyl (C=O) groups is 2. The lowest BCUT2D eigenvalue weighted by atomic mass is 10.3. The van der Waals surface area contributed by atoms with E-state index in [1.54, 1.807) is 18.4 Å². The molecule has 160 valence electrons. The zero-order chi connectivity index (χ0) is 22.5. The molecule has 0 aliphatic carbocycles. The molecule has 0 heterocycles. The molecule has 0 aromatic heterocycles. The van der Waals surface area contributed by atoms with Gasteiger partial charge >= 0.3 is 11.9 Å². The van der Waals surface area contributed by atoms with Gasteiger partial charge in [-0.05, 0) is 55.5 Å². The number of nitriles is 1. The maximum Gasteiger partial charge on any atom is 0.347 e. The number of nitrogens with zero attached hydrogens (tertiary/aromatic N) is 2. The van der Waals surface area contributed by atoms with Gasteiger partial charge in [-0.25, -0.2) is 14.4 Å². The van der Waals surface area contributed by atoms with E-state index in [1.165, 1.54) is 49.4 Å². The molecule has 0 bridgehead atoms. The molecule has 1 atom stereocenters. The first-order valence-electron chi connectivity index (χ1n) is 8.97. The van der Waals surface area contributed by atoms with Crippen LogP contribution in [0.5, 0.6) is 17.2 Å². The number of carbonyl (C=O) groups excluding carboxylic acids is 3. The van der Waals surface area contributed by atoms with E-state index < -0.39 is 18.0 Å². The van der Waals surface area contributed by atoms with Crippen molar-refractivity contribution in [1.29, 1.82) is 5.26 Å². The van der Waals surface area contributed by atoms with Crippen LogP contribution in [0.25, 0.3) is 0 Å². The number of hydrogen-bond acceptors (Lipinski definition) is 10. The molecule has 0 fully saturated rings. The topological polar surface area (TPSA) is 134 Å². The third-order valence-electron chi connectivity index (χ3n) is 3.59. The van der Waals surface area contributed by atoms with Crippen LogP contribution in [0, 0.1) is 11.5 Å². The second-order valence-corrected chi connectivity index (χ2v) is 5.80. The van der Waals surface area contributed by atoms with Crippen molar-refractivity contribution in [2.45, 2.75) is 13.0 Å². The van der Waals surface area contributed by atoms with Crippen LogP contribution in [-0.4, -0.2) is 43.9 Å². The predicted octanol–water partition coefficient (Wildman–Crippen LogP) is 2.45. The summed E-state index contributed by atoms with van der Waals surface area (Å²) in [6.07, 6.45) is 2.07. The Hall–Kier alpha value is -4.35. The Labute approximate surface area is 177 Å². The molecule has 1 unspecified atom stereocenters. The van der Waals surface area contributed by atoms with Crippen LogP contribution in [0.4, 0.5) is 5.69 Å². The van der Waals surface area contributed by atoms with E-state index in [9.17, 15) is 14.4 Å². The number of ether oxygens (including phenoxy) is 5. The van der Waals surface area contributed by atoms with E-state index in [1.807, 2.05) is 0 Å². The minimum absolute atomic E-state index is 0.145. The Morgan fingerprint density at radius 1 is 0.968 bits per heavy atom. The molecule has 0 amide bonds. The maximum atomic E-state index is 11.9. The van der Waals surface area contributed by atoms with E-state index in [4.69, 9.17) is 24.2 Å². The molecule has 0 N–H and O–H groups in total. The average molecular weight is 426 g/mol. The lowest BCUT2D eigenvalue weighted by molar-refractivity contribution is -0.157. The average Bonchev–Trinajstić information content (AvgIpc) is 2.77. The highest BCUT2D eigenvalue weighted by molar-refractivity contribution is 5.74. The summed E-state index contributed by atoms with van der Waals surface area (Å²) in [6, 6.07) is 12.3. The lowest BCUT2D eigenvalue weighted by Crippen LogP contribution is -2.27. The van der Waals surface area contributed by atoms with Gasteiger partial charge in [-0.15, -0.1) is 5.26 Å². The second-order valence-electron chi connectivity index (χ2n) is 5.80. The van der Waals surface area contributed by atoms with Gasteiger partial charge in [0.2, 0.25) is 6.08 Å². The number of benzene rings is 2. The van der Waals surface area contributed by atoms with E-state index in [0.29, 0.717) is 22.9 Å². The van der Waals surface area contributed by atoms with Gasteiger partial charge in [-0.1, -0.05) is 0 Å². The van der Waals surface area contributed by atoms with Crippen molar-refractivity contribution in [3.63, 3.8) is 0 Å². The van der Waals surface area contributed by atoms with Crippen molar-refractivity contribution in [3.8, 4) is 23.5 Å². The zero-order valence-electron chi connectivity index (χ0n) is 16.5. The number of rotatable bonds is 11. The van der Waals surface area contributed by atoms with Gasteiger partial charge < -0.3 is 23.7 Å². The molecule has 10 heteroatoms. The summed E-state index contributed by atoms with van der Waals surface area (Å²) < 4.78 is 25.2. The van der Waals surface area contributed by atoms with Gasteiger partial charge in [0.1, 0.15) is 30.5 Å². The smallest absolute Gasteiger partial charge is 0.347 e. The highest BCUT2D eigenvalue weighted by Crippen LogP contribution is 2.19. The van der Waals surface area contributed by atoms with Crippen molar-refractivity contribution in [3.05, 3.63) is 48.5 Å². The van der Waals surface area contributed by atoms with Gasteiger partial charge in [-0.3, -0.25) is 0 Å². The molecule has 0 aliphatic rings. The number of esters is 2. The maximum absolute atomic E-state index is 11.9. The quantitative estimate of drug-likeness (QED) is 0.175. The lowest BCUT2D eigenvalue weighted by Gasteiger charge is -2.14. The van der Waals surface area contributed by atoms with Crippen LogP contribution in [0.2, 0.25) is 0 Å². The molecule has 0 aliphatic heterocycles. The van der Waals surface area contributed by atoms with Crippen molar-refractivity contribution < 1.29 is 38.1 Å². The zero-order valence-corrected chi connectivity index (χ0v) is 16.5. The van der Waals surface area contributed by atoms with Crippen molar-refractivity contribution in [1.82, 2.24) is 0 Å². The van der Waals surface area contributed by atoms with Crippen LogP contribution >= 0.6 is 0 Å². The molecular weight excluding hydrogens is 408 g/mol. The summed E-state index contributed by atoms with van der Waals surface area (Å²) in [6.45, 7) is 0.877. The Kier molecular flexibility index (Phi) is 9.07. The Morgan fingerprint density at radius 2 is 1.58 bits per heavy atom. The molecule has 2 rings (SSSR count). The van der Waals surface area contributed by atoms with Gasteiger partial charge in [0.15, 0.2) is 12.7 Å². The SMILES string of the molecule is CC(Oc1ccc(N=C=O)cc1)C(=O)OCCOC(=O)COc1ccc(OC#N)cc1. The monoisotopic (exact) mass is 426 g/mol. The third kappa shape index (κ3) is 8.27. The minimum Gasteiger partial charge on any atom is -0.482 e. The number of isocyanates is 1. The molecule has 2 aromatic carbocycles. The Morgan fingerprint density at radius 3 is 2.23 bits per heavy atom. The summed E-state index contributed by atoms with van der Waals surface area (Å²) >= 11 is 0. The predicted molar refractivity (Wildman–Crippen MR) is 104 cm³/mol. The largest absolute Gasteiger partial charge is 0.482 e. The first kappa shape index (κ1) is 22.9. The summed E-state index contributed by atoms with van der Waals surface area (Å²) in [5, 5.41) is 8.41. The van der Waals surface area contributed by atoms with Crippen LogP contribution in [-0.2, 0) is 23.9 Å². The summed E-state index contributed by atoms with van der Waals surface area (Å²) in [5.41, 5.74) is 0.411. The van der Waals surface area contributed by atoms with Crippen LogP contribution in [0.1, 0.15) is 6.92 Å². The van der Waals surface area contributed by atoms with Crippen molar-refractivity contribution >= 4 is 23.7 Å². The normalized spacial score (nSPS) is 10.6. The molecular formula is C21H18N2O8. The van der Waals surface area contributed by atoms with Crippen molar-refractivity contribution in [2.24, 2.45) is 4.99 Å². The van der Waals surface area contributed by atoms with Crippen LogP contribution < -0.4 is 14.2 Å². The molecule has 0 spiro atoms. The molecule has 31 heavy (non-hydrogen) atoms. The fourth-order valence-electron chi connectivity index (χ4n) is 2.16. The minimum atomic E-state index is -0.896. The third-order valence-corrected chi connectivity index (χ3v) is 3.59. The van der Waals surface area contributed by atoms with E-state index >= 15 is 0 Å². The Bertz CT molecular complexity index is 960. The first-order chi connectivity index (χ1) is 15.0. The highest BCUT2D eigenvalue weighted by atomic mass is 16.6. The van der Waals surface area contributed by atoms with E-state index in [-0.39, 0.29) is 19.8 Å². The van der Waals surface area contributed by atoms with Gasteiger partial charge in [0, 0.05) is 0 Å².